The Bertz CT molecular complexity index is 1100. The van der Waals surface area contributed by atoms with Gasteiger partial charge in [-0.15, -0.1) is 21.5 Å². The number of thioether (sulfide) groups is 1. The summed E-state index contributed by atoms with van der Waals surface area (Å²) in [5, 5.41) is 15.0. The van der Waals surface area contributed by atoms with Crippen LogP contribution in [0.5, 0.6) is 0 Å². The SMILES string of the molecule is CC[C@]1(C)Cc2c(sc3c2c2ncnn2c2nnc(SC)n32)CO1. The first kappa shape index (κ1) is 14.6. The van der Waals surface area contributed by atoms with Gasteiger partial charge in [0.1, 0.15) is 11.2 Å². The van der Waals surface area contributed by atoms with Crippen LogP contribution in [-0.4, -0.2) is 41.1 Å². The van der Waals surface area contributed by atoms with E-state index in [0.29, 0.717) is 12.4 Å². The molecule has 4 aromatic heterocycles. The van der Waals surface area contributed by atoms with Crippen LogP contribution in [0.3, 0.4) is 0 Å². The van der Waals surface area contributed by atoms with Gasteiger partial charge in [0, 0.05) is 11.3 Å². The zero-order chi connectivity index (χ0) is 16.5. The Hall–Kier alpha value is -1.71. The molecule has 1 aliphatic heterocycles. The standard InChI is InChI=1S/C15H16N6OS2/c1-4-15(2)5-8-9(6-22-15)24-12-10(8)11-16-7-17-21(11)13-18-19-14(23-3)20(12)13/h7H,4-6H2,1-3H3/t15-/m1/s1. The third-order valence-corrected chi connectivity index (χ3v) is 6.71. The van der Waals surface area contributed by atoms with Crippen molar-refractivity contribution >= 4 is 44.7 Å². The molecular weight excluding hydrogens is 344 g/mol. The highest BCUT2D eigenvalue weighted by Crippen LogP contribution is 2.42. The average Bonchev–Trinajstić information content (AvgIpc) is 3.29. The molecule has 5 heterocycles. The van der Waals surface area contributed by atoms with E-state index in [4.69, 9.17) is 4.74 Å². The summed E-state index contributed by atoms with van der Waals surface area (Å²) < 4.78 is 10.0. The summed E-state index contributed by atoms with van der Waals surface area (Å²) in [6, 6.07) is 0. The molecule has 1 atom stereocenters. The Labute approximate surface area is 146 Å². The van der Waals surface area contributed by atoms with E-state index in [0.717, 1.165) is 33.9 Å². The summed E-state index contributed by atoms with van der Waals surface area (Å²) in [5.41, 5.74) is 2.07. The maximum atomic E-state index is 6.14. The van der Waals surface area contributed by atoms with Crippen molar-refractivity contribution < 1.29 is 4.74 Å². The van der Waals surface area contributed by atoms with Crippen molar-refractivity contribution in [2.24, 2.45) is 0 Å². The number of rotatable bonds is 2. The van der Waals surface area contributed by atoms with Crippen LogP contribution in [0.25, 0.3) is 21.6 Å². The van der Waals surface area contributed by atoms with E-state index in [2.05, 4.69) is 38.5 Å². The van der Waals surface area contributed by atoms with Crippen LogP contribution in [0.15, 0.2) is 11.5 Å². The Morgan fingerprint density at radius 2 is 2.29 bits per heavy atom. The minimum atomic E-state index is -0.123. The van der Waals surface area contributed by atoms with Gasteiger partial charge in [-0.1, -0.05) is 18.7 Å². The van der Waals surface area contributed by atoms with E-state index in [1.54, 1.807) is 33.9 Å². The van der Waals surface area contributed by atoms with Crippen LogP contribution < -0.4 is 0 Å². The lowest BCUT2D eigenvalue weighted by Gasteiger charge is -2.32. The van der Waals surface area contributed by atoms with Gasteiger partial charge in [0.05, 0.1) is 17.6 Å². The summed E-state index contributed by atoms with van der Waals surface area (Å²) >= 11 is 3.34. The molecule has 0 radical (unpaired) electrons. The van der Waals surface area contributed by atoms with Gasteiger partial charge in [0.25, 0.3) is 5.78 Å². The second kappa shape index (κ2) is 4.90. The average molecular weight is 360 g/mol. The largest absolute Gasteiger partial charge is 0.369 e. The Balaban J connectivity index is 1.96. The number of hydrogen-bond donors (Lipinski definition) is 0. The predicted octanol–water partition coefficient (Wildman–Crippen LogP) is 2.95. The van der Waals surface area contributed by atoms with E-state index in [9.17, 15) is 0 Å². The van der Waals surface area contributed by atoms with Crippen LogP contribution in [0, 0.1) is 0 Å². The van der Waals surface area contributed by atoms with E-state index in [1.807, 2.05) is 6.26 Å². The molecule has 0 spiro atoms. The van der Waals surface area contributed by atoms with Gasteiger partial charge >= 0.3 is 0 Å². The predicted molar refractivity (Wildman–Crippen MR) is 93.9 cm³/mol. The first-order valence-corrected chi connectivity index (χ1v) is 9.88. The monoisotopic (exact) mass is 360 g/mol. The van der Waals surface area contributed by atoms with Crippen molar-refractivity contribution in [1.29, 1.82) is 0 Å². The molecule has 24 heavy (non-hydrogen) atoms. The third kappa shape index (κ3) is 1.77. The molecule has 0 amide bonds. The summed E-state index contributed by atoms with van der Waals surface area (Å²) in [6.45, 7) is 5.01. The normalized spacial score (nSPS) is 21.1. The molecular formula is C15H16N6OS2. The van der Waals surface area contributed by atoms with Gasteiger partial charge in [-0.25, -0.2) is 9.38 Å². The minimum Gasteiger partial charge on any atom is -0.369 e. The van der Waals surface area contributed by atoms with Crippen molar-refractivity contribution in [3.8, 4) is 0 Å². The van der Waals surface area contributed by atoms with E-state index in [-0.39, 0.29) is 5.60 Å². The Kier molecular flexibility index (Phi) is 2.98. The number of nitrogens with zero attached hydrogens (tertiary/aromatic N) is 6. The second-order valence-corrected chi connectivity index (χ2v) is 8.13. The molecule has 0 aliphatic carbocycles. The number of hydrogen-bond acceptors (Lipinski definition) is 7. The maximum absolute atomic E-state index is 6.14. The van der Waals surface area contributed by atoms with Crippen LogP contribution >= 0.6 is 23.1 Å². The fraction of sp³-hybridized carbons (Fsp3) is 0.467. The Morgan fingerprint density at radius 1 is 1.42 bits per heavy atom. The number of ether oxygens (including phenoxy) is 1. The highest BCUT2D eigenvalue weighted by molar-refractivity contribution is 7.98. The first-order valence-electron chi connectivity index (χ1n) is 7.84. The number of fused-ring (bicyclic) bond motifs is 8. The zero-order valence-corrected chi connectivity index (χ0v) is 15.2. The molecule has 0 aromatic carbocycles. The summed E-state index contributed by atoms with van der Waals surface area (Å²) in [6.07, 6.45) is 5.48. The summed E-state index contributed by atoms with van der Waals surface area (Å²) in [7, 11) is 0. The third-order valence-electron chi connectivity index (χ3n) is 4.89. The van der Waals surface area contributed by atoms with Crippen LogP contribution in [0.1, 0.15) is 30.7 Å². The van der Waals surface area contributed by atoms with Gasteiger partial charge in [0.15, 0.2) is 10.8 Å². The van der Waals surface area contributed by atoms with Crippen molar-refractivity contribution in [1.82, 2.24) is 29.2 Å². The van der Waals surface area contributed by atoms with Gasteiger partial charge in [-0.2, -0.15) is 9.61 Å². The molecule has 0 N–H and O–H groups in total. The first-order chi connectivity index (χ1) is 11.6. The van der Waals surface area contributed by atoms with Crippen molar-refractivity contribution in [2.45, 2.75) is 44.1 Å². The van der Waals surface area contributed by atoms with Crippen LogP contribution in [-0.2, 0) is 17.8 Å². The summed E-state index contributed by atoms with van der Waals surface area (Å²) in [5.74, 6) is 0.706. The fourth-order valence-electron chi connectivity index (χ4n) is 3.35. The van der Waals surface area contributed by atoms with Gasteiger partial charge in [0.2, 0.25) is 0 Å². The van der Waals surface area contributed by atoms with Gasteiger partial charge in [-0.3, -0.25) is 0 Å². The zero-order valence-electron chi connectivity index (χ0n) is 13.6. The smallest absolute Gasteiger partial charge is 0.260 e. The maximum Gasteiger partial charge on any atom is 0.260 e. The van der Waals surface area contributed by atoms with E-state index < -0.39 is 0 Å². The molecule has 0 unspecified atom stereocenters. The van der Waals surface area contributed by atoms with Crippen molar-refractivity contribution in [3.63, 3.8) is 0 Å². The number of aromatic nitrogens is 6. The van der Waals surface area contributed by atoms with Crippen molar-refractivity contribution in [3.05, 3.63) is 16.8 Å². The lowest BCUT2D eigenvalue weighted by Crippen LogP contribution is -2.33. The van der Waals surface area contributed by atoms with Crippen LogP contribution in [0.4, 0.5) is 0 Å². The molecule has 4 aromatic rings. The molecule has 124 valence electrons. The Morgan fingerprint density at radius 3 is 3.08 bits per heavy atom. The lowest BCUT2D eigenvalue weighted by atomic mass is 9.90. The molecule has 1 aliphatic rings. The quantitative estimate of drug-likeness (QED) is 0.512. The molecule has 9 heteroatoms. The van der Waals surface area contributed by atoms with Gasteiger partial charge in [-0.05, 0) is 25.2 Å². The van der Waals surface area contributed by atoms with Gasteiger partial charge < -0.3 is 4.74 Å². The highest BCUT2D eigenvalue weighted by atomic mass is 32.2. The molecule has 0 saturated heterocycles. The second-order valence-electron chi connectivity index (χ2n) is 6.27. The van der Waals surface area contributed by atoms with E-state index in [1.165, 1.54) is 10.4 Å². The van der Waals surface area contributed by atoms with Crippen molar-refractivity contribution in [2.75, 3.05) is 6.26 Å². The lowest BCUT2D eigenvalue weighted by molar-refractivity contribution is -0.0542. The molecule has 5 rings (SSSR count). The molecule has 0 bridgehead atoms. The molecule has 0 fully saturated rings. The molecule has 0 saturated carbocycles. The number of thiophene rings is 1. The van der Waals surface area contributed by atoms with Crippen LogP contribution in [0.2, 0.25) is 0 Å². The highest BCUT2D eigenvalue weighted by Gasteiger charge is 2.33. The van der Waals surface area contributed by atoms with E-state index >= 15 is 0 Å². The topological polar surface area (TPSA) is 69.6 Å². The summed E-state index contributed by atoms with van der Waals surface area (Å²) in [4.78, 5) is 6.92. The molecule has 7 nitrogen and oxygen atoms in total. The fourth-order valence-corrected chi connectivity index (χ4v) is 5.11. The minimum absolute atomic E-state index is 0.123.